The topological polar surface area (TPSA) is 59.8 Å². The van der Waals surface area contributed by atoms with Gasteiger partial charge in [0, 0.05) is 30.1 Å². The largest absolute Gasteiger partial charge is 0.326 e. The van der Waals surface area contributed by atoms with Crippen molar-refractivity contribution in [2.24, 2.45) is 5.92 Å². The van der Waals surface area contributed by atoms with Crippen LogP contribution in [-0.2, 0) is 17.8 Å². The molecule has 122 valence electrons. The minimum absolute atomic E-state index is 0.0296. The average Bonchev–Trinajstić information content (AvgIpc) is 2.83. The maximum Gasteiger partial charge on any atom is 0.227 e. The van der Waals surface area contributed by atoms with Crippen LogP contribution in [0.1, 0.15) is 45.4 Å². The Hall–Kier alpha value is -2.17. The van der Waals surface area contributed by atoms with E-state index in [1.165, 1.54) is 19.3 Å². The van der Waals surface area contributed by atoms with Crippen LogP contribution >= 0.6 is 0 Å². The van der Waals surface area contributed by atoms with Crippen molar-refractivity contribution < 1.29 is 4.79 Å². The molecule has 1 aromatic carbocycles. The molecule has 2 heterocycles. The molecular formula is C18H24N4O. The van der Waals surface area contributed by atoms with E-state index in [0.717, 1.165) is 42.3 Å². The molecule has 23 heavy (non-hydrogen) atoms. The van der Waals surface area contributed by atoms with Crippen molar-refractivity contribution in [3.63, 3.8) is 0 Å². The fourth-order valence-corrected chi connectivity index (χ4v) is 2.85. The number of hydrogen-bond donors (Lipinski definition) is 1. The lowest BCUT2D eigenvalue weighted by Crippen LogP contribution is -2.19. The van der Waals surface area contributed by atoms with Gasteiger partial charge in [-0.25, -0.2) is 0 Å². The standard InChI is InChI=1S/C18H24N4O/c1-3-13(2)18(23)19-15-10-8-14(9-11-15)17-21-20-16-7-5-4-6-12-22(16)17/h8-11,13H,3-7,12H2,1-2H3,(H,19,23)/t13-/m0/s1. The fraction of sp³-hybridized carbons (Fsp3) is 0.500. The molecule has 0 spiro atoms. The molecule has 0 aliphatic carbocycles. The van der Waals surface area contributed by atoms with Gasteiger partial charge in [-0.1, -0.05) is 20.3 Å². The molecule has 1 aliphatic rings. The molecule has 5 heteroatoms. The van der Waals surface area contributed by atoms with Crippen molar-refractivity contribution in [2.75, 3.05) is 5.32 Å². The Kier molecular flexibility index (Phi) is 4.74. The molecule has 1 aliphatic heterocycles. The molecule has 3 rings (SSSR count). The van der Waals surface area contributed by atoms with E-state index in [2.05, 4.69) is 20.1 Å². The number of fused-ring (bicyclic) bond motifs is 1. The van der Waals surface area contributed by atoms with Crippen LogP contribution in [0.5, 0.6) is 0 Å². The number of anilines is 1. The molecule has 0 radical (unpaired) electrons. The number of carbonyl (C=O) groups excluding carboxylic acids is 1. The van der Waals surface area contributed by atoms with E-state index in [1.807, 2.05) is 38.1 Å². The lowest BCUT2D eigenvalue weighted by Gasteiger charge is -2.11. The highest BCUT2D eigenvalue weighted by Crippen LogP contribution is 2.24. The second kappa shape index (κ2) is 6.94. The first kappa shape index (κ1) is 15.7. The lowest BCUT2D eigenvalue weighted by molar-refractivity contribution is -0.119. The third kappa shape index (κ3) is 3.44. The zero-order valence-electron chi connectivity index (χ0n) is 13.9. The molecule has 0 fully saturated rings. The summed E-state index contributed by atoms with van der Waals surface area (Å²) in [5.41, 5.74) is 1.88. The Morgan fingerprint density at radius 3 is 2.74 bits per heavy atom. The molecule has 5 nitrogen and oxygen atoms in total. The maximum atomic E-state index is 11.9. The van der Waals surface area contributed by atoms with Gasteiger partial charge in [0.2, 0.25) is 5.91 Å². The molecule has 1 aromatic heterocycles. The summed E-state index contributed by atoms with van der Waals surface area (Å²) in [6.45, 7) is 4.95. The molecule has 0 saturated carbocycles. The molecule has 1 atom stereocenters. The minimum Gasteiger partial charge on any atom is -0.326 e. The van der Waals surface area contributed by atoms with Crippen molar-refractivity contribution in [3.8, 4) is 11.4 Å². The summed E-state index contributed by atoms with van der Waals surface area (Å²) in [7, 11) is 0. The lowest BCUT2D eigenvalue weighted by atomic mass is 10.1. The smallest absolute Gasteiger partial charge is 0.227 e. The summed E-state index contributed by atoms with van der Waals surface area (Å²) in [6.07, 6.45) is 5.48. The molecule has 0 saturated heterocycles. The van der Waals surface area contributed by atoms with Crippen LogP contribution in [0, 0.1) is 5.92 Å². The summed E-state index contributed by atoms with van der Waals surface area (Å²) in [5, 5.41) is 11.7. The first-order chi connectivity index (χ1) is 11.2. The van der Waals surface area contributed by atoms with Crippen LogP contribution in [0.25, 0.3) is 11.4 Å². The van der Waals surface area contributed by atoms with E-state index < -0.39 is 0 Å². The van der Waals surface area contributed by atoms with Gasteiger partial charge in [0.25, 0.3) is 0 Å². The second-order valence-electron chi connectivity index (χ2n) is 6.28. The number of amides is 1. The summed E-state index contributed by atoms with van der Waals surface area (Å²) >= 11 is 0. The first-order valence-corrected chi connectivity index (χ1v) is 8.52. The van der Waals surface area contributed by atoms with E-state index in [4.69, 9.17) is 0 Å². The maximum absolute atomic E-state index is 11.9. The van der Waals surface area contributed by atoms with Crippen molar-refractivity contribution >= 4 is 11.6 Å². The zero-order valence-corrected chi connectivity index (χ0v) is 13.9. The van der Waals surface area contributed by atoms with Crippen LogP contribution in [-0.4, -0.2) is 20.7 Å². The van der Waals surface area contributed by atoms with Gasteiger partial charge >= 0.3 is 0 Å². The summed E-state index contributed by atoms with van der Waals surface area (Å²) in [4.78, 5) is 11.9. The summed E-state index contributed by atoms with van der Waals surface area (Å²) < 4.78 is 2.24. The Labute approximate surface area is 137 Å². The average molecular weight is 312 g/mol. The highest BCUT2D eigenvalue weighted by Gasteiger charge is 2.16. The van der Waals surface area contributed by atoms with Gasteiger partial charge in [-0.2, -0.15) is 0 Å². The number of nitrogens with one attached hydrogen (secondary N) is 1. The van der Waals surface area contributed by atoms with Gasteiger partial charge in [0.15, 0.2) is 5.82 Å². The van der Waals surface area contributed by atoms with Crippen LogP contribution in [0.4, 0.5) is 5.69 Å². The number of hydrogen-bond acceptors (Lipinski definition) is 3. The number of carbonyl (C=O) groups is 1. The van der Waals surface area contributed by atoms with E-state index in [9.17, 15) is 4.79 Å². The van der Waals surface area contributed by atoms with Crippen molar-refractivity contribution in [2.45, 2.75) is 52.5 Å². The first-order valence-electron chi connectivity index (χ1n) is 8.52. The summed E-state index contributed by atoms with van der Waals surface area (Å²) in [5.74, 6) is 2.12. The Balaban J connectivity index is 1.78. The van der Waals surface area contributed by atoms with Crippen LogP contribution in [0.15, 0.2) is 24.3 Å². The minimum atomic E-state index is 0.0296. The van der Waals surface area contributed by atoms with Crippen LogP contribution < -0.4 is 5.32 Å². The zero-order chi connectivity index (χ0) is 16.2. The number of aryl methyl sites for hydroxylation is 1. The predicted octanol–water partition coefficient (Wildman–Crippen LogP) is 3.66. The van der Waals surface area contributed by atoms with Gasteiger partial charge < -0.3 is 9.88 Å². The van der Waals surface area contributed by atoms with Crippen LogP contribution in [0.3, 0.4) is 0 Å². The number of aromatic nitrogens is 3. The van der Waals surface area contributed by atoms with Crippen molar-refractivity contribution in [1.29, 1.82) is 0 Å². The third-order valence-electron chi connectivity index (χ3n) is 4.58. The van der Waals surface area contributed by atoms with Gasteiger partial charge in [-0.3, -0.25) is 4.79 Å². The third-order valence-corrected chi connectivity index (χ3v) is 4.58. The quantitative estimate of drug-likeness (QED) is 0.937. The van der Waals surface area contributed by atoms with E-state index in [1.54, 1.807) is 0 Å². The van der Waals surface area contributed by atoms with Crippen molar-refractivity contribution in [3.05, 3.63) is 30.1 Å². The molecule has 0 unspecified atom stereocenters. The van der Waals surface area contributed by atoms with Crippen LogP contribution in [0.2, 0.25) is 0 Å². The normalized spacial score (nSPS) is 15.6. The second-order valence-corrected chi connectivity index (χ2v) is 6.28. The Morgan fingerprint density at radius 2 is 2.00 bits per heavy atom. The molecule has 1 N–H and O–H groups in total. The highest BCUT2D eigenvalue weighted by atomic mass is 16.1. The Morgan fingerprint density at radius 1 is 1.22 bits per heavy atom. The monoisotopic (exact) mass is 312 g/mol. The van der Waals surface area contributed by atoms with Gasteiger partial charge in [-0.15, -0.1) is 10.2 Å². The number of rotatable bonds is 4. The van der Waals surface area contributed by atoms with Crippen molar-refractivity contribution in [1.82, 2.24) is 14.8 Å². The molecular weight excluding hydrogens is 288 g/mol. The number of nitrogens with zero attached hydrogens (tertiary/aromatic N) is 3. The molecule has 0 bridgehead atoms. The number of benzene rings is 1. The SMILES string of the molecule is CC[C@H](C)C(=O)Nc1ccc(-c2nnc3n2CCCCC3)cc1. The van der Waals surface area contributed by atoms with Gasteiger partial charge in [0.05, 0.1) is 0 Å². The van der Waals surface area contributed by atoms with Gasteiger partial charge in [0.1, 0.15) is 5.82 Å². The summed E-state index contributed by atoms with van der Waals surface area (Å²) in [6, 6.07) is 7.89. The fourth-order valence-electron chi connectivity index (χ4n) is 2.85. The van der Waals surface area contributed by atoms with Gasteiger partial charge in [-0.05, 0) is 43.5 Å². The van der Waals surface area contributed by atoms with E-state index in [0.29, 0.717) is 0 Å². The Bertz CT molecular complexity index is 675. The van der Waals surface area contributed by atoms with E-state index >= 15 is 0 Å². The van der Waals surface area contributed by atoms with E-state index in [-0.39, 0.29) is 11.8 Å². The predicted molar refractivity (Wildman–Crippen MR) is 91.1 cm³/mol. The highest BCUT2D eigenvalue weighted by molar-refractivity contribution is 5.92. The molecule has 1 amide bonds. The molecule has 2 aromatic rings.